The molecule has 3 rings (SSSR count). The van der Waals surface area contributed by atoms with Crippen LogP contribution in [-0.2, 0) is 15.9 Å². The number of carbonyl (C=O) groups is 2. The zero-order chi connectivity index (χ0) is 30.6. The quantitative estimate of drug-likeness (QED) is 0.151. The molecule has 7 nitrogen and oxygen atoms in total. The lowest BCUT2D eigenvalue weighted by molar-refractivity contribution is 0.0242. The van der Waals surface area contributed by atoms with Gasteiger partial charge in [-0.15, -0.1) is 0 Å². The largest absolute Gasteiger partial charge is 0.444 e. The number of nitrogens with one attached hydrogen (secondary N) is 2. The Kier molecular flexibility index (Phi) is 12.5. The molecule has 0 saturated carbocycles. The molecule has 0 heterocycles. The van der Waals surface area contributed by atoms with E-state index in [1.165, 1.54) is 27.1 Å². The van der Waals surface area contributed by atoms with Crippen molar-refractivity contribution in [3.05, 3.63) is 60.2 Å². The maximum Gasteiger partial charge on any atom is 0.410 e. The van der Waals surface area contributed by atoms with Crippen LogP contribution in [0.4, 0.5) is 9.59 Å². The van der Waals surface area contributed by atoms with E-state index in [4.69, 9.17) is 9.47 Å². The first-order valence-electron chi connectivity index (χ1n) is 15.5. The maximum atomic E-state index is 12.8. The molecule has 7 heteroatoms. The summed E-state index contributed by atoms with van der Waals surface area (Å²) < 4.78 is 10.9. The van der Waals surface area contributed by atoms with Crippen LogP contribution >= 0.6 is 0 Å². The predicted octanol–water partition coefficient (Wildman–Crippen LogP) is 7.84. The second-order valence-corrected chi connectivity index (χ2v) is 13.0. The maximum absolute atomic E-state index is 12.8. The number of fused-ring (bicyclic) bond motifs is 2. The highest BCUT2D eigenvalue weighted by molar-refractivity contribution is 6.02. The minimum absolute atomic E-state index is 0.280. The summed E-state index contributed by atoms with van der Waals surface area (Å²) in [6, 6.07) is 19.6. The Morgan fingerprint density at radius 3 is 1.79 bits per heavy atom. The number of nitrogens with zero attached hydrogens (tertiary/aromatic N) is 1. The van der Waals surface area contributed by atoms with Crippen molar-refractivity contribution in [1.82, 2.24) is 15.5 Å². The van der Waals surface area contributed by atoms with Gasteiger partial charge in [0.15, 0.2) is 0 Å². The number of amides is 2. The average molecular weight is 578 g/mol. The summed E-state index contributed by atoms with van der Waals surface area (Å²) in [6.45, 7) is 14.8. The molecule has 0 atom stereocenters. The lowest BCUT2D eigenvalue weighted by Crippen LogP contribution is -2.38. The fourth-order valence-electron chi connectivity index (χ4n) is 5.00. The number of alkyl carbamates (subject to hydrolysis) is 1. The number of benzene rings is 3. The molecule has 0 fully saturated rings. The van der Waals surface area contributed by atoms with E-state index in [9.17, 15) is 9.59 Å². The molecule has 3 aromatic rings. The van der Waals surface area contributed by atoms with Crippen LogP contribution in [0.15, 0.2) is 54.6 Å². The lowest BCUT2D eigenvalue weighted by atomic mass is 9.94. The SMILES string of the molecule is CC(C)(C)OC(=O)NCCCCN(CCCCNCCCc1c2ccccc2cc2ccccc12)C(=O)OC(C)(C)C. The second-order valence-electron chi connectivity index (χ2n) is 13.0. The van der Waals surface area contributed by atoms with Crippen molar-refractivity contribution in [2.24, 2.45) is 0 Å². The molecule has 0 aliphatic rings. The van der Waals surface area contributed by atoms with Crippen molar-refractivity contribution in [3.63, 3.8) is 0 Å². The van der Waals surface area contributed by atoms with E-state index in [2.05, 4.69) is 65.2 Å². The highest BCUT2D eigenvalue weighted by Gasteiger charge is 2.22. The fraction of sp³-hybridized carbons (Fsp3) is 0.543. The normalized spacial score (nSPS) is 12.0. The van der Waals surface area contributed by atoms with E-state index in [1.807, 2.05) is 41.5 Å². The van der Waals surface area contributed by atoms with Gasteiger partial charge in [-0.2, -0.15) is 0 Å². The summed E-state index contributed by atoms with van der Waals surface area (Å²) in [7, 11) is 0. The summed E-state index contributed by atoms with van der Waals surface area (Å²) in [5.41, 5.74) is 0.377. The van der Waals surface area contributed by atoms with E-state index in [-0.39, 0.29) is 6.09 Å². The third-order valence-electron chi connectivity index (χ3n) is 6.87. The summed E-state index contributed by atoms with van der Waals surface area (Å²) >= 11 is 0. The van der Waals surface area contributed by atoms with Crippen LogP contribution in [0.5, 0.6) is 0 Å². The van der Waals surface area contributed by atoms with Gasteiger partial charge in [0.25, 0.3) is 0 Å². The van der Waals surface area contributed by atoms with Gasteiger partial charge in [-0.3, -0.25) is 0 Å². The van der Waals surface area contributed by atoms with Gasteiger partial charge in [0.05, 0.1) is 0 Å². The van der Waals surface area contributed by atoms with Gasteiger partial charge < -0.3 is 25.0 Å². The molecule has 0 unspecified atom stereocenters. The highest BCUT2D eigenvalue weighted by atomic mass is 16.6. The molecule has 2 N–H and O–H groups in total. The van der Waals surface area contributed by atoms with Gasteiger partial charge in [-0.25, -0.2) is 9.59 Å². The van der Waals surface area contributed by atoms with Gasteiger partial charge in [0.1, 0.15) is 11.2 Å². The van der Waals surface area contributed by atoms with Crippen LogP contribution in [0.25, 0.3) is 21.5 Å². The first kappa shape index (κ1) is 33.2. The van der Waals surface area contributed by atoms with Crippen molar-refractivity contribution in [3.8, 4) is 0 Å². The van der Waals surface area contributed by atoms with E-state index >= 15 is 0 Å². The van der Waals surface area contributed by atoms with E-state index in [0.717, 1.165) is 51.6 Å². The topological polar surface area (TPSA) is 79.9 Å². The molecule has 42 heavy (non-hydrogen) atoms. The number of unbranched alkanes of at least 4 members (excludes halogenated alkanes) is 2. The van der Waals surface area contributed by atoms with Crippen LogP contribution in [0.1, 0.15) is 79.2 Å². The third-order valence-corrected chi connectivity index (χ3v) is 6.87. The standard InChI is InChI=1S/C35H51N3O4/c1-34(2,3)41-32(39)37-23-12-14-25-38(33(40)42-35(4,5)6)24-13-11-21-36-22-15-20-31-29-18-9-7-16-27(29)26-28-17-8-10-19-30(28)31/h7-10,16-19,26,36H,11-15,20-25H2,1-6H3,(H,37,39). The Hall–Kier alpha value is -3.32. The van der Waals surface area contributed by atoms with Gasteiger partial charge >= 0.3 is 12.2 Å². The minimum atomic E-state index is -0.537. The molecule has 0 saturated heterocycles. The number of aryl methyl sites for hydroxylation is 1. The van der Waals surface area contributed by atoms with Gasteiger partial charge in [0.2, 0.25) is 0 Å². The van der Waals surface area contributed by atoms with E-state index in [0.29, 0.717) is 19.6 Å². The van der Waals surface area contributed by atoms with Crippen LogP contribution in [0, 0.1) is 0 Å². The minimum Gasteiger partial charge on any atom is -0.444 e. The highest BCUT2D eigenvalue weighted by Crippen LogP contribution is 2.29. The van der Waals surface area contributed by atoms with Gasteiger partial charge in [-0.05, 0) is 126 Å². The van der Waals surface area contributed by atoms with E-state index in [1.54, 1.807) is 4.90 Å². The van der Waals surface area contributed by atoms with Crippen molar-refractivity contribution >= 4 is 33.7 Å². The van der Waals surface area contributed by atoms with Gasteiger partial charge in [0, 0.05) is 19.6 Å². The van der Waals surface area contributed by atoms with Gasteiger partial charge in [-0.1, -0.05) is 48.5 Å². The van der Waals surface area contributed by atoms with E-state index < -0.39 is 17.3 Å². The molecule has 2 amide bonds. The molecule has 3 aromatic carbocycles. The van der Waals surface area contributed by atoms with Crippen LogP contribution in [0.3, 0.4) is 0 Å². The zero-order valence-electron chi connectivity index (χ0n) is 26.6. The molecular weight excluding hydrogens is 526 g/mol. The molecule has 0 aliphatic carbocycles. The van der Waals surface area contributed by atoms with Crippen molar-refractivity contribution < 1.29 is 19.1 Å². The Morgan fingerprint density at radius 1 is 0.690 bits per heavy atom. The first-order valence-corrected chi connectivity index (χ1v) is 15.5. The lowest BCUT2D eigenvalue weighted by Gasteiger charge is -2.27. The molecular formula is C35H51N3O4. The number of hydrogen-bond donors (Lipinski definition) is 2. The third kappa shape index (κ3) is 11.5. The first-order chi connectivity index (χ1) is 19.9. The average Bonchev–Trinajstić information content (AvgIpc) is 2.90. The van der Waals surface area contributed by atoms with Crippen LogP contribution in [-0.4, -0.2) is 61.0 Å². The molecule has 0 spiro atoms. The number of rotatable bonds is 14. The molecule has 0 aromatic heterocycles. The zero-order valence-corrected chi connectivity index (χ0v) is 26.6. The van der Waals surface area contributed by atoms with Crippen molar-refractivity contribution in [1.29, 1.82) is 0 Å². The molecule has 0 aliphatic heterocycles. The molecule has 0 bridgehead atoms. The number of hydrogen-bond acceptors (Lipinski definition) is 5. The van der Waals surface area contributed by atoms with Crippen molar-refractivity contribution in [2.45, 2.75) is 91.3 Å². The summed E-state index contributed by atoms with van der Waals surface area (Å²) in [5, 5.41) is 11.7. The smallest absolute Gasteiger partial charge is 0.410 e. The monoisotopic (exact) mass is 577 g/mol. The predicted molar refractivity (Wildman–Crippen MR) is 173 cm³/mol. The summed E-state index contributed by atoms with van der Waals surface area (Å²) in [5.74, 6) is 0. The molecule has 230 valence electrons. The summed E-state index contributed by atoms with van der Waals surface area (Å²) in [4.78, 5) is 26.4. The number of carbonyl (C=O) groups excluding carboxylic acids is 2. The Morgan fingerprint density at radius 2 is 1.21 bits per heavy atom. The summed E-state index contributed by atoms with van der Waals surface area (Å²) in [6.07, 6.45) is 4.82. The Labute approximate surface area is 252 Å². The molecule has 0 radical (unpaired) electrons. The van der Waals surface area contributed by atoms with Crippen molar-refractivity contribution in [2.75, 3.05) is 32.7 Å². The Bertz CT molecular complexity index is 1240. The van der Waals surface area contributed by atoms with Crippen LogP contribution in [0.2, 0.25) is 0 Å². The second kappa shape index (κ2) is 15.8. The van der Waals surface area contributed by atoms with Crippen LogP contribution < -0.4 is 10.6 Å². The fourth-order valence-corrected chi connectivity index (χ4v) is 5.00. The Balaban J connectivity index is 1.39. The number of ether oxygens (including phenoxy) is 2.